The minimum Gasteiger partial charge on any atom is -0.464 e. The molecule has 0 radical (unpaired) electrons. The Balaban J connectivity index is 2.14. The van der Waals surface area contributed by atoms with Crippen molar-refractivity contribution in [2.45, 2.75) is 53.8 Å². The number of halogens is 1. The molecule has 0 aromatic carbocycles. The highest BCUT2D eigenvalue weighted by molar-refractivity contribution is 9.10. The van der Waals surface area contributed by atoms with Gasteiger partial charge in [-0.3, -0.25) is 4.68 Å². The molecule has 2 aromatic rings. The first-order valence-corrected chi connectivity index (χ1v) is 7.69. The summed E-state index contributed by atoms with van der Waals surface area (Å²) in [7, 11) is 0. The van der Waals surface area contributed by atoms with Gasteiger partial charge in [0.2, 0.25) is 0 Å². The number of nitrogens with zero attached hydrogens (tertiary/aromatic N) is 2. The second-order valence-electron chi connectivity index (χ2n) is 5.47. The SMILES string of the molecule is Cc1nn(Cc2cc(CNC(C)C)c(C)o2)c(C)c1Br. The van der Waals surface area contributed by atoms with E-state index in [0.717, 1.165) is 33.9 Å². The predicted octanol–water partition coefficient (Wildman–Crippen LogP) is 3.71. The van der Waals surface area contributed by atoms with Gasteiger partial charge in [0.25, 0.3) is 0 Å². The summed E-state index contributed by atoms with van der Waals surface area (Å²) in [5.41, 5.74) is 3.35. The van der Waals surface area contributed by atoms with E-state index in [4.69, 9.17) is 4.42 Å². The normalized spacial score (nSPS) is 11.6. The Bertz CT molecular complexity index is 599. The summed E-state index contributed by atoms with van der Waals surface area (Å²) < 4.78 is 8.88. The number of aromatic nitrogens is 2. The Kier molecular flexibility index (Phi) is 4.70. The summed E-state index contributed by atoms with van der Waals surface area (Å²) in [4.78, 5) is 0. The summed E-state index contributed by atoms with van der Waals surface area (Å²) >= 11 is 3.55. The summed E-state index contributed by atoms with van der Waals surface area (Å²) in [6.07, 6.45) is 0. The molecule has 0 fully saturated rings. The molecule has 4 nitrogen and oxygen atoms in total. The van der Waals surface area contributed by atoms with Crippen LogP contribution in [0.15, 0.2) is 15.0 Å². The summed E-state index contributed by atoms with van der Waals surface area (Å²) in [6.45, 7) is 11.9. The van der Waals surface area contributed by atoms with Gasteiger partial charge in [0.05, 0.1) is 22.4 Å². The number of rotatable bonds is 5. The van der Waals surface area contributed by atoms with Gasteiger partial charge in [-0.15, -0.1) is 0 Å². The van der Waals surface area contributed by atoms with Crippen LogP contribution in [0.5, 0.6) is 0 Å². The molecular weight excluding hydrogens is 318 g/mol. The quantitative estimate of drug-likeness (QED) is 0.902. The Morgan fingerprint density at radius 1 is 1.35 bits per heavy atom. The van der Waals surface area contributed by atoms with Crippen molar-refractivity contribution in [3.05, 3.63) is 39.0 Å². The topological polar surface area (TPSA) is 43.0 Å². The molecule has 2 aromatic heterocycles. The fraction of sp³-hybridized carbons (Fsp3) is 0.533. The van der Waals surface area contributed by atoms with Gasteiger partial charge in [-0.05, 0) is 42.8 Å². The standard InChI is InChI=1S/C15H22BrN3O/c1-9(2)17-7-13-6-14(20-12(13)5)8-19-11(4)15(16)10(3)18-19/h6,9,17H,7-8H2,1-5H3. The van der Waals surface area contributed by atoms with Gasteiger partial charge in [-0.1, -0.05) is 13.8 Å². The maximum Gasteiger partial charge on any atom is 0.125 e. The van der Waals surface area contributed by atoms with Crippen LogP contribution in [0.2, 0.25) is 0 Å². The Hall–Kier alpha value is -1.07. The van der Waals surface area contributed by atoms with Crippen LogP contribution in [-0.2, 0) is 13.1 Å². The van der Waals surface area contributed by atoms with Crippen molar-refractivity contribution in [1.82, 2.24) is 15.1 Å². The van der Waals surface area contributed by atoms with E-state index < -0.39 is 0 Å². The largest absolute Gasteiger partial charge is 0.464 e. The fourth-order valence-electron chi connectivity index (χ4n) is 2.13. The van der Waals surface area contributed by atoms with Gasteiger partial charge in [-0.25, -0.2) is 0 Å². The van der Waals surface area contributed by atoms with Crippen LogP contribution in [0.25, 0.3) is 0 Å². The van der Waals surface area contributed by atoms with Gasteiger partial charge < -0.3 is 9.73 Å². The van der Waals surface area contributed by atoms with Crippen LogP contribution < -0.4 is 5.32 Å². The van der Waals surface area contributed by atoms with Crippen LogP contribution in [0.3, 0.4) is 0 Å². The molecule has 0 atom stereocenters. The maximum atomic E-state index is 5.84. The lowest BCUT2D eigenvalue weighted by Gasteiger charge is -2.06. The summed E-state index contributed by atoms with van der Waals surface area (Å²) in [5, 5.41) is 7.93. The van der Waals surface area contributed by atoms with Crippen LogP contribution in [0.1, 0.15) is 42.3 Å². The van der Waals surface area contributed by atoms with Crippen molar-refractivity contribution in [3.8, 4) is 0 Å². The fourth-order valence-corrected chi connectivity index (χ4v) is 2.42. The molecule has 0 aliphatic heterocycles. The lowest BCUT2D eigenvalue weighted by molar-refractivity contribution is 0.452. The first-order valence-electron chi connectivity index (χ1n) is 6.89. The number of furan rings is 1. The van der Waals surface area contributed by atoms with Crippen LogP contribution in [-0.4, -0.2) is 15.8 Å². The zero-order valence-electron chi connectivity index (χ0n) is 12.7. The van der Waals surface area contributed by atoms with Gasteiger partial charge >= 0.3 is 0 Å². The molecule has 110 valence electrons. The highest BCUT2D eigenvalue weighted by Gasteiger charge is 2.12. The van der Waals surface area contributed by atoms with E-state index in [0.29, 0.717) is 12.6 Å². The zero-order chi connectivity index (χ0) is 14.9. The second-order valence-corrected chi connectivity index (χ2v) is 6.27. The summed E-state index contributed by atoms with van der Waals surface area (Å²) in [6, 6.07) is 2.59. The Morgan fingerprint density at radius 3 is 2.60 bits per heavy atom. The monoisotopic (exact) mass is 339 g/mol. The number of nitrogens with one attached hydrogen (secondary N) is 1. The highest BCUT2D eigenvalue weighted by atomic mass is 79.9. The molecule has 0 aliphatic carbocycles. The molecule has 0 saturated heterocycles. The minimum atomic E-state index is 0.472. The first-order chi connectivity index (χ1) is 9.38. The van der Waals surface area contributed by atoms with Crippen molar-refractivity contribution in [2.75, 3.05) is 0 Å². The van der Waals surface area contributed by atoms with E-state index in [9.17, 15) is 0 Å². The average molecular weight is 340 g/mol. The maximum absolute atomic E-state index is 5.84. The molecule has 0 bridgehead atoms. The van der Waals surface area contributed by atoms with Crippen molar-refractivity contribution >= 4 is 15.9 Å². The van der Waals surface area contributed by atoms with E-state index in [1.807, 2.05) is 18.5 Å². The molecule has 1 N–H and O–H groups in total. The number of aryl methyl sites for hydroxylation is 2. The third kappa shape index (κ3) is 3.33. The molecule has 0 amide bonds. The number of hydrogen-bond donors (Lipinski definition) is 1. The molecular formula is C15H22BrN3O. The second kappa shape index (κ2) is 6.14. The van der Waals surface area contributed by atoms with Crippen LogP contribution in [0, 0.1) is 20.8 Å². The van der Waals surface area contributed by atoms with E-state index in [1.165, 1.54) is 5.56 Å². The first kappa shape index (κ1) is 15.3. The molecule has 2 rings (SSSR count). The third-order valence-electron chi connectivity index (χ3n) is 3.37. The van der Waals surface area contributed by atoms with Crippen molar-refractivity contribution < 1.29 is 4.42 Å². The third-order valence-corrected chi connectivity index (χ3v) is 4.52. The molecule has 0 unspecified atom stereocenters. The van der Waals surface area contributed by atoms with Gasteiger partial charge in [-0.2, -0.15) is 5.10 Å². The smallest absolute Gasteiger partial charge is 0.125 e. The molecule has 5 heteroatoms. The molecule has 0 spiro atoms. The zero-order valence-corrected chi connectivity index (χ0v) is 14.3. The van der Waals surface area contributed by atoms with E-state index in [2.05, 4.69) is 53.2 Å². The summed E-state index contributed by atoms with van der Waals surface area (Å²) in [5.74, 6) is 1.93. The Morgan fingerprint density at radius 2 is 2.05 bits per heavy atom. The van der Waals surface area contributed by atoms with Gasteiger partial charge in [0, 0.05) is 18.2 Å². The van der Waals surface area contributed by atoms with E-state index in [1.54, 1.807) is 0 Å². The van der Waals surface area contributed by atoms with Crippen molar-refractivity contribution in [2.24, 2.45) is 0 Å². The van der Waals surface area contributed by atoms with Crippen molar-refractivity contribution in [1.29, 1.82) is 0 Å². The highest BCUT2D eigenvalue weighted by Crippen LogP contribution is 2.22. The molecule has 0 saturated carbocycles. The van der Waals surface area contributed by atoms with Crippen LogP contribution in [0.4, 0.5) is 0 Å². The van der Waals surface area contributed by atoms with Crippen molar-refractivity contribution in [3.63, 3.8) is 0 Å². The van der Waals surface area contributed by atoms with E-state index in [-0.39, 0.29) is 0 Å². The van der Waals surface area contributed by atoms with Gasteiger partial charge in [0.1, 0.15) is 11.5 Å². The molecule has 0 aliphatic rings. The Labute approximate surface area is 128 Å². The lowest BCUT2D eigenvalue weighted by atomic mass is 10.2. The lowest BCUT2D eigenvalue weighted by Crippen LogP contribution is -2.21. The van der Waals surface area contributed by atoms with Gasteiger partial charge in [0.15, 0.2) is 0 Å². The molecule has 20 heavy (non-hydrogen) atoms. The van der Waals surface area contributed by atoms with E-state index >= 15 is 0 Å². The predicted molar refractivity (Wildman–Crippen MR) is 83.9 cm³/mol. The van der Waals surface area contributed by atoms with Crippen LogP contribution >= 0.6 is 15.9 Å². The number of hydrogen-bond acceptors (Lipinski definition) is 3. The average Bonchev–Trinajstić information content (AvgIpc) is 2.83. The minimum absolute atomic E-state index is 0.472. The molecule has 2 heterocycles.